The number of aromatic nitrogens is 1. The fourth-order valence-corrected chi connectivity index (χ4v) is 2.23. The van der Waals surface area contributed by atoms with Crippen LogP contribution in [-0.4, -0.2) is 16.9 Å². The van der Waals surface area contributed by atoms with Crippen molar-refractivity contribution in [2.24, 2.45) is 32.9 Å². The molecule has 0 radical (unpaired) electrons. The summed E-state index contributed by atoms with van der Waals surface area (Å²) in [5.74, 6) is 1.35. The maximum Gasteiger partial charge on any atom is 0.191 e. The quantitative estimate of drug-likeness (QED) is 0.421. The fraction of sp³-hybridized carbons (Fsp3) is 0. The van der Waals surface area contributed by atoms with Gasteiger partial charge in [0.25, 0.3) is 0 Å². The van der Waals surface area contributed by atoms with Crippen molar-refractivity contribution in [3.8, 4) is 22.8 Å². The van der Waals surface area contributed by atoms with E-state index < -0.39 is 0 Å². The second-order valence-electron chi connectivity index (χ2n) is 5.19. The summed E-state index contributed by atoms with van der Waals surface area (Å²) in [6.45, 7) is 0. The van der Waals surface area contributed by atoms with Crippen LogP contribution in [0.1, 0.15) is 0 Å². The molecule has 8 N–H and O–H groups in total. The highest BCUT2D eigenvalue weighted by Crippen LogP contribution is 2.29. The molecule has 8 heteroatoms. The molecule has 0 aliphatic carbocycles. The second-order valence-corrected chi connectivity index (χ2v) is 5.19. The van der Waals surface area contributed by atoms with Crippen molar-refractivity contribution < 1.29 is 4.42 Å². The highest BCUT2D eigenvalue weighted by molar-refractivity contribution is 5.79. The summed E-state index contributed by atoms with van der Waals surface area (Å²) < 4.78 is 5.86. The number of aliphatic imine (C=N–C) groups is 2. The number of rotatable bonds is 4. The maximum absolute atomic E-state index is 5.86. The first-order valence-corrected chi connectivity index (χ1v) is 7.37. The molecule has 0 aliphatic rings. The Morgan fingerprint density at radius 3 is 1.92 bits per heavy atom. The average molecular weight is 335 g/mol. The van der Waals surface area contributed by atoms with Crippen molar-refractivity contribution in [1.82, 2.24) is 4.98 Å². The van der Waals surface area contributed by atoms with E-state index in [4.69, 9.17) is 27.4 Å². The molecular formula is C17H17N7O. The van der Waals surface area contributed by atoms with Crippen LogP contribution < -0.4 is 22.9 Å². The van der Waals surface area contributed by atoms with Crippen LogP contribution in [0.25, 0.3) is 22.8 Å². The van der Waals surface area contributed by atoms with E-state index >= 15 is 0 Å². The minimum atomic E-state index is -0.0148. The van der Waals surface area contributed by atoms with Crippen LogP contribution in [0, 0.1) is 0 Å². The molecule has 0 bridgehead atoms. The summed E-state index contributed by atoms with van der Waals surface area (Å²) in [6, 6.07) is 14.6. The highest BCUT2D eigenvalue weighted by Gasteiger charge is 2.08. The third kappa shape index (κ3) is 3.94. The van der Waals surface area contributed by atoms with Crippen LogP contribution in [-0.2, 0) is 0 Å². The molecule has 0 spiro atoms. The zero-order valence-corrected chi connectivity index (χ0v) is 13.3. The topological polar surface area (TPSA) is 155 Å². The Labute approximate surface area is 143 Å². The smallest absolute Gasteiger partial charge is 0.191 e. The molecule has 126 valence electrons. The van der Waals surface area contributed by atoms with E-state index in [-0.39, 0.29) is 11.9 Å². The van der Waals surface area contributed by atoms with Crippen molar-refractivity contribution >= 4 is 23.3 Å². The van der Waals surface area contributed by atoms with E-state index in [1.807, 2.05) is 24.3 Å². The number of pyridine rings is 1. The molecule has 2 aromatic heterocycles. The summed E-state index contributed by atoms with van der Waals surface area (Å²) >= 11 is 0. The van der Waals surface area contributed by atoms with Crippen LogP contribution in [0.5, 0.6) is 0 Å². The third-order valence-electron chi connectivity index (χ3n) is 3.27. The van der Waals surface area contributed by atoms with Gasteiger partial charge in [-0.15, -0.1) is 0 Å². The van der Waals surface area contributed by atoms with Crippen molar-refractivity contribution in [2.75, 3.05) is 0 Å². The van der Waals surface area contributed by atoms with E-state index in [0.717, 1.165) is 5.56 Å². The Morgan fingerprint density at radius 1 is 0.720 bits per heavy atom. The molecule has 0 atom stereocenters. The van der Waals surface area contributed by atoms with Crippen molar-refractivity contribution in [3.05, 3.63) is 54.7 Å². The molecule has 1 aromatic carbocycles. The largest absolute Gasteiger partial charge is 0.454 e. The normalized spacial score (nSPS) is 10.2. The van der Waals surface area contributed by atoms with Gasteiger partial charge in [0.15, 0.2) is 17.7 Å². The van der Waals surface area contributed by atoms with Crippen molar-refractivity contribution in [1.29, 1.82) is 0 Å². The first kappa shape index (κ1) is 16.1. The summed E-state index contributed by atoms with van der Waals surface area (Å²) in [6.07, 6.45) is 1.57. The zero-order chi connectivity index (χ0) is 17.8. The molecule has 0 saturated heterocycles. The summed E-state index contributed by atoms with van der Waals surface area (Å²) in [7, 11) is 0. The van der Waals surface area contributed by atoms with Crippen LogP contribution in [0.4, 0.5) is 11.4 Å². The van der Waals surface area contributed by atoms with Gasteiger partial charge in [-0.2, -0.15) is 0 Å². The molecule has 2 heterocycles. The number of hydrogen-bond donors (Lipinski definition) is 4. The molecule has 8 nitrogen and oxygen atoms in total. The molecule has 0 aliphatic heterocycles. The lowest BCUT2D eigenvalue weighted by atomic mass is 10.1. The Balaban J connectivity index is 1.82. The van der Waals surface area contributed by atoms with Gasteiger partial charge < -0.3 is 27.4 Å². The number of nitrogens with two attached hydrogens (primary N) is 4. The molecule has 3 aromatic rings. The van der Waals surface area contributed by atoms with Gasteiger partial charge in [0.2, 0.25) is 0 Å². The third-order valence-corrected chi connectivity index (χ3v) is 3.27. The first-order valence-electron chi connectivity index (χ1n) is 7.37. The van der Waals surface area contributed by atoms with Gasteiger partial charge in [-0.1, -0.05) is 0 Å². The lowest BCUT2D eigenvalue weighted by molar-refractivity contribution is 0.595. The molecule has 0 fully saturated rings. The number of benzene rings is 1. The highest BCUT2D eigenvalue weighted by atomic mass is 16.3. The Bertz CT molecular complexity index is 840. The lowest BCUT2D eigenvalue weighted by Crippen LogP contribution is -2.21. The van der Waals surface area contributed by atoms with Gasteiger partial charge in [0, 0.05) is 5.56 Å². The van der Waals surface area contributed by atoms with Gasteiger partial charge in [-0.3, -0.25) is 4.98 Å². The first-order chi connectivity index (χ1) is 12.0. The number of furan rings is 1. The van der Waals surface area contributed by atoms with Gasteiger partial charge in [0.1, 0.15) is 11.5 Å². The predicted octanol–water partition coefficient (Wildman–Crippen LogP) is 1.82. The Morgan fingerprint density at radius 2 is 1.32 bits per heavy atom. The van der Waals surface area contributed by atoms with Crippen LogP contribution >= 0.6 is 0 Å². The second kappa shape index (κ2) is 6.75. The fourth-order valence-electron chi connectivity index (χ4n) is 2.23. The van der Waals surface area contributed by atoms with Gasteiger partial charge >= 0.3 is 0 Å². The van der Waals surface area contributed by atoms with Crippen molar-refractivity contribution in [2.45, 2.75) is 0 Å². The molecule has 3 rings (SSSR count). The summed E-state index contributed by atoms with van der Waals surface area (Å²) in [5.41, 5.74) is 24.2. The van der Waals surface area contributed by atoms with Gasteiger partial charge in [-0.05, 0) is 48.5 Å². The molecule has 0 amide bonds. The zero-order valence-electron chi connectivity index (χ0n) is 13.3. The molecule has 25 heavy (non-hydrogen) atoms. The Kier molecular flexibility index (Phi) is 4.34. The van der Waals surface area contributed by atoms with E-state index in [2.05, 4.69) is 15.0 Å². The van der Waals surface area contributed by atoms with E-state index in [9.17, 15) is 0 Å². The summed E-state index contributed by atoms with van der Waals surface area (Å²) in [5, 5.41) is 0. The van der Waals surface area contributed by atoms with E-state index in [1.54, 1.807) is 30.5 Å². The van der Waals surface area contributed by atoms with Crippen molar-refractivity contribution in [3.63, 3.8) is 0 Å². The van der Waals surface area contributed by atoms with Gasteiger partial charge in [0.05, 0.1) is 17.6 Å². The SMILES string of the molecule is NC(N)=Nc1ccc(-c2ccc(-c3ccc(N=C(N)N)cn3)o2)cc1. The van der Waals surface area contributed by atoms with E-state index in [1.165, 1.54) is 0 Å². The van der Waals surface area contributed by atoms with Crippen LogP contribution in [0.3, 0.4) is 0 Å². The van der Waals surface area contributed by atoms with Crippen LogP contribution in [0.2, 0.25) is 0 Å². The minimum absolute atomic E-state index is 0.0148. The molecule has 0 unspecified atom stereocenters. The van der Waals surface area contributed by atoms with E-state index in [0.29, 0.717) is 28.6 Å². The number of nitrogens with zero attached hydrogens (tertiary/aromatic N) is 3. The summed E-state index contributed by atoms with van der Waals surface area (Å²) in [4.78, 5) is 12.2. The minimum Gasteiger partial charge on any atom is -0.454 e. The predicted molar refractivity (Wildman–Crippen MR) is 98.3 cm³/mol. The molecular weight excluding hydrogens is 318 g/mol. The Hall–Kier alpha value is -3.81. The maximum atomic E-state index is 5.86. The lowest BCUT2D eigenvalue weighted by Gasteiger charge is -2.00. The standard InChI is InChI=1S/C17H17N7O/c18-16(19)23-11-3-1-10(2-4-11)14-7-8-15(25-14)13-6-5-12(9-22-13)24-17(20)21/h1-9H,(H4,18,19,23)(H4,20,21,24). The molecule has 0 saturated carbocycles. The monoisotopic (exact) mass is 335 g/mol. The van der Waals surface area contributed by atoms with Gasteiger partial charge in [-0.25, -0.2) is 9.98 Å². The number of guanidine groups is 2. The van der Waals surface area contributed by atoms with Crippen LogP contribution in [0.15, 0.2) is 69.1 Å². The average Bonchev–Trinajstić information content (AvgIpc) is 3.05. The number of hydrogen-bond acceptors (Lipinski definition) is 4.